The van der Waals surface area contributed by atoms with Crippen molar-refractivity contribution < 1.29 is 18.7 Å². The fraction of sp³-hybridized carbons (Fsp3) is 0.478. The molecule has 1 N–H and O–H groups in total. The highest BCUT2D eigenvalue weighted by Crippen LogP contribution is 2.60. The lowest BCUT2D eigenvalue weighted by atomic mass is 9.49. The van der Waals surface area contributed by atoms with Gasteiger partial charge < -0.3 is 14.5 Å². The summed E-state index contributed by atoms with van der Waals surface area (Å²) in [5.74, 6) is 3.82. The number of ether oxygens (including phenoxy) is 1. The minimum atomic E-state index is -0.196. The van der Waals surface area contributed by atoms with Crippen LogP contribution in [0.1, 0.15) is 49.1 Å². The molecule has 0 radical (unpaired) electrons. The molecule has 4 fully saturated rings. The zero-order valence-corrected chi connectivity index (χ0v) is 16.1. The molecule has 0 saturated heterocycles. The molecule has 0 atom stereocenters. The van der Waals surface area contributed by atoms with Crippen LogP contribution < -0.4 is 10.1 Å². The first kappa shape index (κ1) is 17.5. The van der Waals surface area contributed by atoms with E-state index in [9.17, 15) is 9.59 Å². The lowest BCUT2D eigenvalue weighted by Gasteiger charge is -2.55. The number of benzene rings is 1. The standard InChI is InChI=1S/C23H25NO4/c1-27-21-9-17(20-5-3-18(13-25)28-20)2-4-19(21)24-22(26)23-10-14-6-15(11-23)8-16(7-14)12-23/h2-5,9,13-16H,6-8,10-12H2,1H3,(H,24,26). The first-order chi connectivity index (χ1) is 13.6. The molecule has 6 rings (SSSR count). The van der Waals surface area contributed by atoms with Gasteiger partial charge in [-0.2, -0.15) is 0 Å². The van der Waals surface area contributed by atoms with E-state index in [1.807, 2.05) is 18.2 Å². The third-order valence-electron chi connectivity index (χ3n) is 7.00. The number of amides is 1. The Bertz CT molecular complexity index is 893. The number of nitrogens with one attached hydrogen (secondary N) is 1. The number of anilines is 1. The Labute approximate surface area is 164 Å². The summed E-state index contributed by atoms with van der Waals surface area (Å²) in [6, 6.07) is 8.97. The molecule has 0 aliphatic heterocycles. The Morgan fingerprint density at radius 1 is 1.11 bits per heavy atom. The maximum atomic E-state index is 13.3. The average Bonchev–Trinajstić information content (AvgIpc) is 3.16. The number of carbonyl (C=O) groups is 2. The Balaban J connectivity index is 1.39. The summed E-state index contributed by atoms with van der Waals surface area (Å²) in [5, 5.41) is 3.16. The molecule has 1 amide bonds. The predicted molar refractivity (Wildman–Crippen MR) is 105 cm³/mol. The van der Waals surface area contributed by atoms with E-state index in [1.54, 1.807) is 19.2 Å². The summed E-state index contributed by atoms with van der Waals surface area (Å²) in [6.45, 7) is 0. The molecule has 4 aliphatic rings. The van der Waals surface area contributed by atoms with Crippen molar-refractivity contribution in [2.24, 2.45) is 23.2 Å². The van der Waals surface area contributed by atoms with Crippen molar-refractivity contribution in [1.82, 2.24) is 0 Å². The van der Waals surface area contributed by atoms with Crippen LogP contribution in [0.3, 0.4) is 0 Å². The van der Waals surface area contributed by atoms with Gasteiger partial charge in [-0.05, 0) is 86.6 Å². The molecule has 2 aromatic rings. The van der Waals surface area contributed by atoms with E-state index in [0.29, 0.717) is 23.5 Å². The monoisotopic (exact) mass is 379 g/mol. The molecular weight excluding hydrogens is 354 g/mol. The summed E-state index contributed by atoms with van der Waals surface area (Å²) >= 11 is 0. The zero-order valence-electron chi connectivity index (χ0n) is 16.1. The van der Waals surface area contributed by atoms with E-state index in [-0.39, 0.29) is 17.1 Å². The van der Waals surface area contributed by atoms with Crippen LogP contribution in [0.5, 0.6) is 5.75 Å². The molecule has 1 aromatic carbocycles. The summed E-state index contributed by atoms with van der Waals surface area (Å²) in [4.78, 5) is 24.2. The minimum Gasteiger partial charge on any atom is -0.495 e. The molecule has 4 saturated carbocycles. The molecule has 0 spiro atoms. The van der Waals surface area contributed by atoms with Crippen LogP contribution in [0.4, 0.5) is 5.69 Å². The number of hydrogen-bond acceptors (Lipinski definition) is 4. The molecule has 4 aliphatic carbocycles. The van der Waals surface area contributed by atoms with Crippen molar-refractivity contribution in [2.45, 2.75) is 38.5 Å². The second kappa shape index (κ2) is 6.50. The zero-order chi connectivity index (χ0) is 19.3. The van der Waals surface area contributed by atoms with Gasteiger partial charge in [0.2, 0.25) is 5.91 Å². The van der Waals surface area contributed by atoms with Crippen LogP contribution in [0.2, 0.25) is 0 Å². The van der Waals surface area contributed by atoms with Gasteiger partial charge in [0, 0.05) is 5.56 Å². The molecule has 146 valence electrons. The smallest absolute Gasteiger partial charge is 0.230 e. The molecule has 4 bridgehead atoms. The van der Waals surface area contributed by atoms with E-state index in [1.165, 1.54) is 19.3 Å². The fourth-order valence-corrected chi connectivity index (χ4v) is 6.16. The average molecular weight is 379 g/mol. The van der Waals surface area contributed by atoms with Crippen molar-refractivity contribution in [3.63, 3.8) is 0 Å². The predicted octanol–water partition coefficient (Wildman–Crippen LogP) is 4.92. The number of rotatable bonds is 5. The van der Waals surface area contributed by atoms with Gasteiger partial charge >= 0.3 is 0 Å². The van der Waals surface area contributed by atoms with Gasteiger partial charge in [-0.1, -0.05) is 0 Å². The van der Waals surface area contributed by atoms with E-state index in [0.717, 1.165) is 42.6 Å². The molecule has 1 heterocycles. The first-order valence-corrected chi connectivity index (χ1v) is 10.1. The topological polar surface area (TPSA) is 68.5 Å². The Kier molecular flexibility index (Phi) is 4.07. The van der Waals surface area contributed by atoms with E-state index in [2.05, 4.69) is 5.32 Å². The van der Waals surface area contributed by atoms with Crippen LogP contribution in [0, 0.1) is 23.2 Å². The Hall–Kier alpha value is -2.56. The molecule has 5 nitrogen and oxygen atoms in total. The fourth-order valence-electron chi connectivity index (χ4n) is 6.16. The van der Waals surface area contributed by atoms with Gasteiger partial charge in [-0.15, -0.1) is 0 Å². The molecule has 1 aromatic heterocycles. The SMILES string of the molecule is COc1cc(-c2ccc(C=O)o2)ccc1NC(=O)C12CC3CC(CC(C3)C1)C2. The molecule has 28 heavy (non-hydrogen) atoms. The van der Waals surface area contributed by atoms with Crippen molar-refractivity contribution in [3.05, 3.63) is 36.1 Å². The van der Waals surface area contributed by atoms with Gasteiger partial charge in [-0.25, -0.2) is 0 Å². The largest absolute Gasteiger partial charge is 0.495 e. The summed E-state index contributed by atoms with van der Waals surface area (Å²) < 4.78 is 11.0. The van der Waals surface area contributed by atoms with Gasteiger partial charge in [0.05, 0.1) is 18.2 Å². The first-order valence-electron chi connectivity index (χ1n) is 10.1. The van der Waals surface area contributed by atoms with Crippen LogP contribution >= 0.6 is 0 Å². The highest BCUT2D eigenvalue weighted by Gasteiger charge is 2.54. The van der Waals surface area contributed by atoms with Gasteiger partial charge in [-0.3, -0.25) is 9.59 Å². The summed E-state index contributed by atoms with van der Waals surface area (Å²) in [6.07, 6.45) is 7.73. The number of aldehydes is 1. The second-order valence-electron chi connectivity index (χ2n) is 8.89. The third-order valence-corrected chi connectivity index (χ3v) is 7.00. The summed E-state index contributed by atoms with van der Waals surface area (Å²) in [5.41, 5.74) is 1.30. The van der Waals surface area contributed by atoms with Gasteiger partial charge in [0.15, 0.2) is 12.0 Å². The van der Waals surface area contributed by atoms with Crippen molar-refractivity contribution >= 4 is 17.9 Å². The molecule has 0 unspecified atom stereocenters. The van der Waals surface area contributed by atoms with Crippen LogP contribution in [-0.2, 0) is 4.79 Å². The van der Waals surface area contributed by atoms with Crippen LogP contribution in [0.25, 0.3) is 11.3 Å². The lowest BCUT2D eigenvalue weighted by molar-refractivity contribution is -0.140. The number of carbonyl (C=O) groups excluding carboxylic acids is 2. The highest BCUT2D eigenvalue weighted by atomic mass is 16.5. The van der Waals surface area contributed by atoms with E-state index >= 15 is 0 Å². The molecule has 5 heteroatoms. The maximum Gasteiger partial charge on any atom is 0.230 e. The minimum absolute atomic E-state index is 0.152. The van der Waals surface area contributed by atoms with Crippen LogP contribution in [-0.4, -0.2) is 19.3 Å². The van der Waals surface area contributed by atoms with Gasteiger partial charge in [0.1, 0.15) is 11.5 Å². The second-order valence-corrected chi connectivity index (χ2v) is 8.89. The Morgan fingerprint density at radius 2 is 1.79 bits per heavy atom. The normalized spacial score (nSPS) is 30.2. The molecular formula is C23H25NO4. The quantitative estimate of drug-likeness (QED) is 0.749. The van der Waals surface area contributed by atoms with E-state index in [4.69, 9.17) is 9.15 Å². The van der Waals surface area contributed by atoms with Gasteiger partial charge in [0.25, 0.3) is 0 Å². The number of furan rings is 1. The maximum absolute atomic E-state index is 13.3. The third kappa shape index (κ3) is 2.84. The Morgan fingerprint density at radius 3 is 2.36 bits per heavy atom. The number of hydrogen-bond donors (Lipinski definition) is 1. The van der Waals surface area contributed by atoms with Crippen LogP contribution in [0.15, 0.2) is 34.7 Å². The lowest BCUT2D eigenvalue weighted by Crippen LogP contribution is -2.51. The number of methoxy groups -OCH3 is 1. The van der Waals surface area contributed by atoms with Crippen molar-refractivity contribution in [1.29, 1.82) is 0 Å². The van der Waals surface area contributed by atoms with E-state index < -0.39 is 0 Å². The highest BCUT2D eigenvalue weighted by molar-refractivity contribution is 5.97. The van der Waals surface area contributed by atoms with Crippen molar-refractivity contribution in [2.75, 3.05) is 12.4 Å². The summed E-state index contributed by atoms with van der Waals surface area (Å²) in [7, 11) is 1.60. The van der Waals surface area contributed by atoms with Crippen molar-refractivity contribution in [3.8, 4) is 17.1 Å².